The summed E-state index contributed by atoms with van der Waals surface area (Å²) in [4.78, 5) is 14.5. The number of carbonyl (C=O) groups excluding carboxylic acids is 1. The highest BCUT2D eigenvalue weighted by Gasteiger charge is 2.10. The Morgan fingerprint density at radius 1 is 1.04 bits per heavy atom. The van der Waals surface area contributed by atoms with Crippen LogP contribution in [0.3, 0.4) is 0 Å². The van der Waals surface area contributed by atoms with E-state index in [-0.39, 0.29) is 5.91 Å². The van der Waals surface area contributed by atoms with Gasteiger partial charge in [-0.1, -0.05) is 23.7 Å². The predicted molar refractivity (Wildman–Crippen MR) is 109 cm³/mol. The summed E-state index contributed by atoms with van der Waals surface area (Å²) in [5, 5.41) is 6.86. The molecule has 5 heteroatoms. The van der Waals surface area contributed by atoms with Crippen LogP contribution in [0.4, 0.5) is 11.4 Å². The average Bonchev–Trinajstić information content (AvgIpc) is 2.67. The summed E-state index contributed by atoms with van der Waals surface area (Å²) in [6, 6.07) is 15.9. The number of rotatable bonds is 7. The topological polar surface area (TPSA) is 44.4 Å². The lowest BCUT2D eigenvalue weighted by Crippen LogP contribution is -2.30. The first-order chi connectivity index (χ1) is 12.7. The molecule has 0 atom stereocenters. The van der Waals surface area contributed by atoms with Crippen LogP contribution in [-0.4, -0.2) is 32.1 Å². The molecule has 138 valence electrons. The first kappa shape index (κ1) is 18.7. The van der Waals surface area contributed by atoms with Gasteiger partial charge in [0.2, 0.25) is 5.91 Å². The minimum absolute atomic E-state index is 0.0261. The van der Waals surface area contributed by atoms with Gasteiger partial charge in [0.1, 0.15) is 0 Å². The summed E-state index contributed by atoms with van der Waals surface area (Å²) in [6.07, 6.45) is 4.70. The molecule has 0 aromatic heterocycles. The smallest absolute Gasteiger partial charge is 0.238 e. The van der Waals surface area contributed by atoms with Crippen molar-refractivity contribution in [3.05, 3.63) is 59.1 Å². The van der Waals surface area contributed by atoms with Crippen molar-refractivity contribution in [2.45, 2.75) is 25.7 Å². The van der Waals surface area contributed by atoms with Gasteiger partial charge in [0.05, 0.1) is 6.54 Å². The molecule has 0 aliphatic carbocycles. The number of halogens is 1. The molecule has 1 saturated heterocycles. The van der Waals surface area contributed by atoms with E-state index < -0.39 is 0 Å². The van der Waals surface area contributed by atoms with Crippen LogP contribution in [0.1, 0.15) is 24.8 Å². The van der Waals surface area contributed by atoms with Gasteiger partial charge in [0, 0.05) is 29.5 Å². The summed E-state index contributed by atoms with van der Waals surface area (Å²) >= 11 is 5.97. The van der Waals surface area contributed by atoms with Gasteiger partial charge in [-0.25, -0.2) is 0 Å². The fourth-order valence-electron chi connectivity index (χ4n) is 3.24. The average molecular weight is 372 g/mol. The fourth-order valence-corrected chi connectivity index (χ4v) is 3.45. The lowest BCUT2D eigenvalue weighted by molar-refractivity contribution is -0.115. The number of anilines is 2. The highest BCUT2D eigenvalue weighted by Crippen LogP contribution is 2.21. The minimum Gasteiger partial charge on any atom is -0.372 e. The molecule has 1 fully saturated rings. The Kier molecular flexibility index (Phi) is 6.92. The molecule has 1 amide bonds. The van der Waals surface area contributed by atoms with Crippen LogP contribution in [0.5, 0.6) is 0 Å². The predicted octanol–water partition coefficient (Wildman–Crippen LogP) is 4.10. The van der Waals surface area contributed by atoms with E-state index in [0.29, 0.717) is 6.54 Å². The van der Waals surface area contributed by atoms with Crippen LogP contribution in [0.2, 0.25) is 5.02 Å². The molecule has 1 aliphatic rings. The Balaban J connectivity index is 1.39. The van der Waals surface area contributed by atoms with E-state index in [9.17, 15) is 4.79 Å². The van der Waals surface area contributed by atoms with Crippen LogP contribution >= 0.6 is 11.6 Å². The molecule has 0 unspecified atom stereocenters. The highest BCUT2D eigenvalue weighted by atomic mass is 35.5. The first-order valence-electron chi connectivity index (χ1n) is 9.31. The summed E-state index contributed by atoms with van der Waals surface area (Å²) < 4.78 is 0. The lowest BCUT2D eigenvalue weighted by atomic mass is 10.1. The molecule has 2 aromatic rings. The number of amides is 1. The van der Waals surface area contributed by atoms with Crippen molar-refractivity contribution < 1.29 is 4.79 Å². The van der Waals surface area contributed by atoms with Crippen molar-refractivity contribution in [2.24, 2.45) is 0 Å². The molecular formula is C21H26ClN3O. The first-order valence-corrected chi connectivity index (χ1v) is 9.68. The van der Waals surface area contributed by atoms with E-state index in [1.54, 1.807) is 0 Å². The summed E-state index contributed by atoms with van der Waals surface area (Å²) in [5.74, 6) is -0.0261. The van der Waals surface area contributed by atoms with Crippen LogP contribution in [0.25, 0.3) is 0 Å². The second-order valence-corrected chi connectivity index (χ2v) is 7.14. The molecule has 0 radical (unpaired) electrons. The lowest BCUT2D eigenvalue weighted by Gasteiger charge is -2.28. The summed E-state index contributed by atoms with van der Waals surface area (Å²) in [5.41, 5.74) is 3.24. The Hall–Kier alpha value is -2.04. The number of hydrogen-bond acceptors (Lipinski definition) is 3. The normalized spacial score (nSPS) is 14.3. The van der Waals surface area contributed by atoms with E-state index >= 15 is 0 Å². The third-order valence-corrected chi connectivity index (χ3v) is 4.87. The number of carbonyl (C=O) groups is 1. The SMILES string of the molecule is O=C(CNCCc1cccc(Cl)c1)Nc1ccc(N2CCCCC2)cc1. The summed E-state index contributed by atoms with van der Waals surface area (Å²) in [7, 11) is 0. The molecule has 2 aromatic carbocycles. The van der Waals surface area contributed by atoms with Gasteiger partial charge >= 0.3 is 0 Å². The zero-order valence-corrected chi connectivity index (χ0v) is 15.8. The van der Waals surface area contributed by atoms with Gasteiger partial charge in [0.15, 0.2) is 0 Å². The van der Waals surface area contributed by atoms with Crippen molar-refractivity contribution in [1.82, 2.24) is 5.32 Å². The van der Waals surface area contributed by atoms with E-state index in [4.69, 9.17) is 11.6 Å². The third kappa shape index (κ3) is 5.75. The quantitative estimate of drug-likeness (QED) is 0.720. The molecule has 26 heavy (non-hydrogen) atoms. The molecule has 0 bridgehead atoms. The zero-order chi connectivity index (χ0) is 18.2. The second-order valence-electron chi connectivity index (χ2n) is 6.70. The second kappa shape index (κ2) is 9.60. The van der Waals surface area contributed by atoms with Gasteiger partial charge in [-0.2, -0.15) is 0 Å². The molecule has 0 saturated carbocycles. The summed E-state index contributed by atoms with van der Waals surface area (Å²) in [6.45, 7) is 3.29. The van der Waals surface area contributed by atoms with Gasteiger partial charge < -0.3 is 15.5 Å². The van der Waals surface area contributed by atoms with Crippen molar-refractivity contribution in [3.63, 3.8) is 0 Å². The largest absolute Gasteiger partial charge is 0.372 e. The van der Waals surface area contributed by atoms with Gasteiger partial charge in [-0.05, 0) is 74.2 Å². The number of nitrogens with one attached hydrogen (secondary N) is 2. The molecule has 4 nitrogen and oxygen atoms in total. The Labute approximate surface area is 160 Å². The standard InChI is InChI=1S/C21H26ClN3O/c22-18-6-4-5-17(15-18)11-12-23-16-21(26)24-19-7-9-20(10-8-19)25-13-2-1-3-14-25/h4-10,15,23H,1-3,11-14,16H2,(H,24,26). The molecule has 1 aliphatic heterocycles. The van der Waals surface area contributed by atoms with Gasteiger partial charge in [0.25, 0.3) is 0 Å². The van der Waals surface area contributed by atoms with E-state index in [1.165, 1.54) is 30.5 Å². The van der Waals surface area contributed by atoms with Crippen LogP contribution in [0, 0.1) is 0 Å². The van der Waals surface area contributed by atoms with Crippen molar-refractivity contribution in [2.75, 3.05) is 36.4 Å². The van der Waals surface area contributed by atoms with Crippen molar-refractivity contribution in [1.29, 1.82) is 0 Å². The molecular weight excluding hydrogens is 346 g/mol. The molecule has 0 spiro atoms. The fraction of sp³-hybridized carbons (Fsp3) is 0.381. The van der Waals surface area contributed by atoms with Crippen LogP contribution < -0.4 is 15.5 Å². The molecule has 2 N–H and O–H groups in total. The number of hydrogen-bond donors (Lipinski definition) is 2. The van der Waals surface area contributed by atoms with Gasteiger partial charge in [-0.3, -0.25) is 4.79 Å². The highest BCUT2D eigenvalue weighted by molar-refractivity contribution is 6.30. The Bertz CT molecular complexity index is 711. The monoisotopic (exact) mass is 371 g/mol. The van der Waals surface area contributed by atoms with Gasteiger partial charge in [-0.15, -0.1) is 0 Å². The van der Waals surface area contributed by atoms with E-state index in [1.807, 2.05) is 36.4 Å². The molecule has 3 rings (SSSR count). The van der Waals surface area contributed by atoms with E-state index in [2.05, 4.69) is 27.7 Å². The van der Waals surface area contributed by atoms with E-state index in [0.717, 1.165) is 36.8 Å². The van der Waals surface area contributed by atoms with Crippen LogP contribution in [0.15, 0.2) is 48.5 Å². The third-order valence-electron chi connectivity index (χ3n) is 4.64. The molecule has 1 heterocycles. The minimum atomic E-state index is -0.0261. The Morgan fingerprint density at radius 2 is 1.81 bits per heavy atom. The zero-order valence-electron chi connectivity index (χ0n) is 15.0. The van der Waals surface area contributed by atoms with Crippen molar-refractivity contribution >= 4 is 28.9 Å². The maximum atomic E-state index is 12.1. The maximum Gasteiger partial charge on any atom is 0.238 e. The number of piperidine rings is 1. The maximum absolute atomic E-state index is 12.1. The van der Waals surface area contributed by atoms with Crippen molar-refractivity contribution in [3.8, 4) is 0 Å². The number of nitrogens with zero attached hydrogens (tertiary/aromatic N) is 1. The number of benzene rings is 2. The Morgan fingerprint density at radius 3 is 2.54 bits per heavy atom. The van der Waals surface area contributed by atoms with Crippen LogP contribution in [-0.2, 0) is 11.2 Å².